The van der Waals surface area contributed by atoms with E-state index in [2.05, 4.69) is 24.3 Å². The molecule has 25 heavy (non-hydrogen) atoms. The van der Waals surface area contributed by atoms with E-state index in [0.29, 0.717) is 19.1 Å². The summed E-state index contributed by atoms with van der Waals surface area (Å²) in [5.74, 6) is 2.37. The third-order valence-corrected chi connectivity index (χ3v) is 4.21. The third kappa shape index (κ3) is 4.32. The largest absolute Gasteiger partial charge is 0.497 e. The first-order valence-corrected chi connectivity index (χ1v) is 8.58. The molecule has 6 heteroatoms. The average Bonchev–Trinajstić information content (AvgIpc) is 3.06. The van der Waals surface area contributed by atoms with Crippen LogP contribution in [0.4, 0.5) is 0 Å². The highest BCUT2D eigenvalue weighted by atomic mass is 16.5. The van der Waals surface area contributed by atoms with Crippen LogP contribution < -0.4 is 14.8 Å². The molecule has 134 valence electrons. The molecule has 0 saturated heterocycles. The molecular formula is C19H24N2O4. The van der Waals surface area contributed by atoms with Crippen LogP contribution in [0.5, 0.6) is 11.5 Å². The molecule has 0 bridgehead atoms. The number of nitrogens with zero attached hydrogens (tertiary/aromatic N) is 1. The van der Waals surface area contributed by atoms with Crippen molar-refractivity contribution in [1.82, 2.24) is 10.5 Å². The molecule has 0 aliphatic carbocycles. The summed E-state index contributed by atoms with van der Waals surface area (Å²) in [4.78, 5) is 12.2. The summed E-state index contributed by atoms with van der Waals surface area (Å²) in [5, 5.41) is 6.86. The number of benzene rings is 1. The monoisotopic (exact) mass is 344 g/mol. The Balaban J connectivity index is 1.53. The van der Waals surface area contributed by atoms with Gasteiger partial charge in [0, 0.05) is 24.6 Å². The number of ether oxygens (including phenoxy) is 2. The maximum absolute atomic E-state index is 12.2. The van der Waals surface area contributed by atoms with Crippen molar-refractivity contribution >= 4 is 5.91 Å². The molecule has 1 aliphatic rings. The Labute approximate surface area is 147 Å². The number of aromatic nitrogens is 1. The molecule has 6 nitrogen and oxygen atoms in total. The summed E-state index contributed by atoms with van der Waals surface area (Å²) >= 11 is 0. The van der Waals surface area contributed by atoms with Gasteiger partial charge in [-0.25, -0.2) is 0 Å². The molecular weight excluding hydrogens is 320 g/mol. The maximum Gasteiger partial charge on any atom is 0.289 e. The maximum atomic E-state index is 12.2. The highest BCUT2D eigenvalue weighted by molar-refractivity contribution is 5.91. The van der Waals surface area contributed by atoms with Crippen LogP contribution in [0.25, 0.3) is 0 Å². The average molecular weight is 344 g/mol. The number of hydrogen-bond acceptors (Lipinski definition) is 5. The Morgan fingerprint density at radius 1 is 1.40 bits per heavy atom. The number of rotatable bonds is 6. The zero-order chi connectivity index (χ0) is 17.8. The van der Waals surface area contributed by atoms with E-state index in [1.807, 2.05) is 18.2 Å². The molecule has 0 radical (unpaired) electrons. The van der Waals surface area contributed by atoms with Crippen LogP contribution in [0.3, 0.4) is 0 Å². The third-order valence-electron chi connectivity index (χ3n) is 4.21. The van der Waals surface area contributed by atoms with Crippen molar-refractivity contribution in [3.8, 4) is 11.5 Å². The minimum atomic E-state index is -0.233. The topological polar surface area (TPSA) is 73.6 Å². The Kier molecular flexibility index (Phi) is 5.26. The van der Waals surface area contributed by atoms with Crippen molar-refractivity contribution in [2.75, 3.05) is 20.3 Å². The van der Waals surface area contributed by atoms with E-state index in [0.717, 1.165) is 35.6 Å². The lowest BCUT2D eigenvalue weighted by molar-refractivity contribution is 0.0902. The lowest BCUT2D eigenvalue weighted by Gasteiger charge is -2.25. The number of amides is 1. The van der Waals surface area contributed by atoms with E-state index in [1.54, 1.807) is 13.2 Å². The Bertz CT molecular complexity index is 739. The number of methoxy groups -OCH3 is 1. The molecule has 1 amide bonds. The Hall–Kier alpha value is -2.50. The molecule has 0 spiro atoms. The lowest BCUT2D eigenvalue weighted by atomic mass is 9.96. The van der Waals surface area contributed by atoms with Crippen LogP contribution >= 0.6 is 0 Å². The molecule has 0 unspecified atom stereocenters. The van der Waals surface area contributed by atoms with E-state index >= 15 is 0 Å². The van der Waals surface area contributed by atoms with Gasteiger partial charge in [-0.3, -0.25) is 4.79 Å². The number of nitrogens with one attached hydrogen (secondary N) is 1. The first kappa shape index (κ1) is 17.3. The molecule has 1 aromatic heterocycles. The lowest BCUT2D eigenvalue weighted by Crippen LogP contribution is -2.34. The Morgan fingerprint density at radius 2 is 2.24 bits per heavy atom. The quantitative estimate of drug-likeness (QED) is 0.872. The fourth-order valence-corrected chi connectivity index (χ4v) is 2.93. The number of fused-ring (bicyclic) bond motifs is 1. The van der Waals surface area contributed by atoms with Crippen molar-refractivity contribution < 1.29 is 18.8 Å². The first-order chi connectivity index (χ1) is 12.0. The van der Waals surface area contributed by atoms with Gasteiger partial charge in [0.05, 0.1) is 19.4 Å². The molecule has 2 heterocycles. The van der Waals surface area contributed by atoms with Crippen LogP contribution in [0, 0.1) is 11.8 Å². The van der Waals surface area contributed by atoms with Gasteiger partial charge in [-0.15, -0.1) is 0 Å². The van der Waals surface area contributed by atoms with Crippen LogP contribution in [0.1, 0.15) is 35.7 Å². The number of carbonyl (C=O) groups is 1. The normalized spacial score (nSPS) is 16.2. The standard InChI is InChI=1S/C19H24N2O4/c1-12(2)6-15-8-18(25-21-15)19(22)20-10-13-7-14-4-5-16(23-3)9-17(14)24-11-13/h4-5,8-9,12-13H,6-7,10-11H2,1-3H3,(H,20,22)/t13-/m0/s1. The predicted octanol–water partition coefficient (Wildman–Crippen LogP) is 2.86. The van der Waals surface area contributed by atoms with Crippen LogP contribution in [0.15, 0.2) is 28.8 Å². The van der Waals surface area contributed by atoms with Crippen LogP contribution in [0.2, 0.25) is 0 Å². The van der Waals surface area contributed by atoms with Crippen LogP contribution in [-0.2, 0) is 12.8 Å². The smallest absolute Gasteiger partial charge is 0.289 e. The highest BCUT2D eigenvalue weighted by Gasteiger charge is 2.22. The fraction of sp³-hybridized carbons (Fsp3) is 0.474. The molecule has 1 N–H and O–H groups in total. The number of hydrogen-bond donors (Lipinski definition) is 1. The second-order valence-corrected chi connectivity index (χ2v) is 6.85. The molecule has 0 fully saturated rings. The molecule has 3 rings (SSSR count). The van der Waals surface area contributed by atoms with E-state index in [9.17, 15) is 4.79 Å². The van der Waals surface area contributed by atoms with Crippen LogP contribution in [-0.4, -0.2) is 31.3 Å². The summed E-state index contributed by atoms with van der Waals surface area (Å²) in [6.07, 6.45) is 1.65. The summed E-state index contributed by atoms with van der Waals surface area (Å²) in [7, 11) is 1.64. The first-order valence-electron chi connectivity index (χ1n) is 8.58. The minimum Gasteiger partial charge on any atom is -0.497 e. The Morgan fingerprint density at radius 3 is 3.00 bits per heavy atom. The molecule has 1 atom stereocenters. The summed E-state index contributed by atoms with van der Waals surface area (Å²) < 4.78 is 16.1. The van der Waals surface area contributed by atoms with Gasteiger partial charge in [0.2, 0.25) is 5.76 Å². The van der Waals surface area contributed by atoms with E-state index in [1.165, 1.54) is 0 Å². The predicted molar refractivity (Wildman–Crippen MR) is 93.1 cm³/mol. The molecule has 1 aliphatic heterocycles. The summed E-state index contributed by atoms with van der Waals surface area (Å²) in [5.41, 5.74) is 1.94. The van der Waals surface area contributed by atoms with Gasteiger partial charge in [-0.2, -0.15) is 0 Å². The summed E-state index contributed by atoms with van der Waals surface area (Å²) in [6.45, 7) is 5.30. The van der Waals surface area contributed by atoms with Gasteiger partial charge < -0.3 is 19.3 Å². The summed E-state index contributed by atoms with van der Waals surface area (Å²) in [6, 6.07) is 7.55. The van der Waals surface area contributed by atoms with E-state index in [4.69, 9.17) is 14.0 Å². The van der Waals surface area contributed by atoms with E-state index < -0.39 is 0 Å². The van der Waals surface area contributed by atoms with Gasteiger partial charge in [-0.05, 0) is 30.4 Å². The fourth-order valence-electron chi connectivity index (χ4n) is 2.93. The molecule has 0 saturated carbocycles. The van der Waals surface area contributed by atoms with Crippen molar-refractivity contribution in [1.29, 1.82) is 0 Å². The second kappa shape index (κ2) is 7.59. The van der Waals surface area contributed by atoms with Gasteiger partial charge in [-0.1, -0.05) is 25.1 Å². The van der Waals surface area contributed by atoms with Gasteiger partial charge in [0.1, 0.15) is 11.5 Å². The van der Waals surface area contributed by atoms with Crippen molar-refractivity contribution in [2.45, 2.75) is 26.7 Å². The SMILES string of the molecule is COc1ccc2c(c1)OC[C@H](CNC(=O)c1cc(CC(C)C)no1)C2. The zero-order valence-electron chi connectivity index (χ0n) is 14.9. The van der Waals surface area contributed by atoms with Crippen molar-refractivity contribution in [3.05, 3.63) is 41.3 Å². The molecule has 1 aromatic carbocycles. The van der Waals surface area contributed by atoms with Crippen molar-refractivity contribution in [3.63, 3.8) is 0 Å². The van der Waals surface area contributed by atoms with Gasteiger partial charge in [0.15, 0.2) is 0 Å². The highest BCUT2D eigenvalue weighted by Crippen LogP contribution is 2.30. The van der Waals surface area contributed by atoms with Crippen molar-refractivity contribution in [2.24, 2.45) is 11.8 Å². The minimum absolute atomic E-state index is 0.225. The van der Waals surface area contributed by atoms with Gasteiger partial charge >= 0.3 is 0 Å². The molecule has 2 aromatic rings. The second-order valence-electron chi connectivity index (χ2n) is 6.85. The zero-order valence-corrected chi connectivity index (χ0v) is 14.9. The number of carbonyl (C=O) groups excluding carboxylic acids is 1. The van der Waals surface area contributed by atoms with E-state index in [-0.39, 0.29) is 17.6 Å². The van der Waals surface area contributed by atoms with Gasteiger partial charge in [0.25, 0.3) is 5.91 Å².